The third-order valence-corrected chi connectivity index (χ3v) is 5.39. The number of hydrogen-bond donors (Lipinski definition) is 1. The fourth-order valence-corrected chi connectivity index (χ4v) is 4.13. The molecule has 0 aliphatic carbocycles. The van der Waals surface area contributed by atoms with E-state index < -0.39 is 17.9 Å². The van der Waals surface area contributed by atoms with Gasteiger partial charge in [-0.3, -0.25) is 9.59 Å². The predicted molar refractivity (Wildman–Crippen MR) is 108 cm³/mol. The Morgan fingerprint density at radius 2 is 1.59 bits per heavy atom. The lowest BCUT2D eigenvalue weighted by molar-refractivity contribution is -0.139. The first kappa shape index (κ1) is 17.2. The van der Waals surface area contributed by atoms with Gasteiger partial charge in [0.1, 0.15) is 12.2 Å². The average molecular weight is 383 g/mol. The van der Waals surface area contributed by atoms with Crippen molar-refractivity contribution in [2.75, 3.05) is 5.01 Å². The van der Waals surface area contributed by atoms with Crippen molar-refractivity contribution in [3.05, 3.63) is 102 Å². The van der Waals surface area contributed by atoms with Crippen LogP contribution in [0.3, 0.4) is 0 Å². The molecule has 6 heteroatoms. The van der Waals surface area contributed by atoms with Crippen LogP contribution >= 0.6 is 0 Å². The van der Waals surface area contributed by atoms with Crippen molar-refractivity contribution in [2.45, 2.75) is 12.0 Å². The van der Waals surface area contributed by atoms with Crippen LogP contribution in [0.1, 0.15) is 33.4 Å². The van der Waals surface area contributed by atoms with E-state index in [1.807, 2.05) is 54.6 Å². The van der Waals surface area contributed by atoms with Crippen molar-refractivity contribution >= 4 is 22.9 Å². The number of carboxylic acids is 1. The number of imidazole rings is 1. The Labute approximate surface area is 166 Å². The SMILES string of the molecule is O=C(O)[C@@H]1c2ccccc2C(=O)N(n2cnc3ccccc32)[C@@H]1c1ccccc1. The van der Waals surface area contributed by atoms with Gasteiger partial charge in [0, 0.05) is 5.56 Å². The van der Waals surface area contributed by atoms with Crippen LogP contribution in [0.2, 0.25) is 0 Å². The quantitative estimate of drug-likeness (QED) is 0.585. The summed E-state index contributed by atoms with van der Waals surface area (Å²) < 4.78 is 1.67. The Hall–Kier alpha value is -3.93. The fraction of sp³-hybridized carbons (Fsp3) is 0.0870. The molecule has 4 aromatic rings. The van der Waals surface area contributed by atoms with E-state index in [0.29, 0.717) is 11.1 Å². The molecular formula is C23H17N3O3. The lowest BCUT2D eigenvalue weighted by atomic mass is 9.80. The average Bonchev–Trinajstić information content (AvgIpc) is 3.18. The Bertz CT molecular complexity index is 1230. The van der Waals surface area contributed by atoms with Gasteiger partial charge in [0.15, 0.2) is 0 Å². The highest BCUT2D eigenvalue weighted by Gasteiger charge is 2.45. The van der Waals surface area contributed by atoms with Crippen LogP contribution in [-0.2, 0) is 4.79 Å². The van der Waals surface area contributed by atoms with E-state index >= 15 is 0 Å². The van der Waals surface area contributed by atoms with Crippen LogP contribution in [0, 0.1) is 0 Å². The standard InChI is InChI=1S/C23H17N3O3/c27-22-17-11-5-4-10-16(17)20(23(28)29)21(15-8-2-1-3-9-15)26(22)25-14-24-18-12-6-7-13-19(18)25/h1-14,20-21H,(H,28,29)/t20-,21-/m1/s1. The molecule has 2 heterocycles. The van der Waals surface area contributed by atoms with Crippen LogP contribution in [0.5, 0.6) is 0 Å². The predicted octanol–water partition coefficient (Wildman–Crippen LogP) is 3.74. The lowest BCUT2D eigenvalue weighted by Crippen LogP contribution is -2.50. The minimum absolute atomic E-state index is 0.255. The molecule has 0 saturated carbocycles. The number of aliphatic carboxylic acids is 1. The second-order valence-electron chi connectivity index (χ2n) is 6.99. The van der Waals surface area contributed by atoms with Gasteiger partial charge in [-0.15, -0.1) is 0 Å². The van der Waals surface area contributed by atoms with E-state index in [9.17, 15) is 14.7 Å². The van der Waals surface area contributed by atoms with Gasteiger partial charge in [-0.25, -0.2) is 14.7 Å². The van der Waals surface area contributed by atoms with Crippen LogP contribution < -0.4 is 5.01 Å². The van der Waals surface area contributed by atoms with E-state index in [1.165, 1.54) is 5.01 Å². The molecule has 142 valence electrons. The topological polar surface area (TPSA) is 75.4 Å². The summed E-state index contributed by atoms with van der Waals surface area (Å²) in [6.45, 7) is 0. The molecule has 1 aromatic heterocycles. The minimum atomic E-state index is -0.978. The van der Waals surface area contributed by atoms with Crippen LogP contribution in [0.25, 0.3) is 11.0 Å². The summed E-state index contributed by atoms with van der Waals surface area (Å²) in [5.41, 5.74) is 3.15. The normalized spacial score (nSPS) is 18.6. The second kappa shape index (κ2) is 6.60. The maximum Gasteiger partial charge on any atom is 0.313 e. The van der Waals surface area contributed by atoms with E-state index in [2.05, 4.69) is 4.98 Å². The number of rotatable bonds is 3. The maximum atomic E-state index is 13.6. The number of para-hydroxylation sites is 2. The molecule has 1 amide bonds. The highest BCUT2D eigenvalue weighted by molar-refractivity contribution is 6.07. The van der Waals surface area contributed by atoms with Gasteiger partial charge in [0.25, 0.3) is 5.91 Å². The molecule has 0 saturated heterocycles. The van der Waals surface area contributed by atoms with Crippen molar-refractivity contribution in [1.82, 2.24) is 9.66 Å². The molecule has 29 heavy (non-hydrogen) atoms. The molecule has 5 rings (SSSR count). The van der Waals surface area contributed by atoms with Crippen LogP contribution in [0.4, 0.5) is 0 Å². The third kappa shape index (κ3) is 2.61. The number of carbonyl (C=O) groups excluding carboxylic acids is 1. The molecular weight excluding hydrogens is 366 g/mol. The number of fused-ring (bicyclic) bond motifs is 2. The first-order valence-electron chi connectivity index (χ1n) is 9.29. The molecule has 0 radical (unpaired) electrons. The molecule has 6 nitrogen and oxygen atoms in total. The second-order valence-corrected chi connectivity index (χ2v) is 6.99. The molecule has 1 aliphatic heterocycles. The molecule has 1 N–H and O–H groups in total. The fourth-order valence-electron chi connectivity index (χ4n) is 4.13. The summed E-state index contributed by atoms with van der Waals surface area (Å²) in [5.74, 6) is -2.14. The minimum Gasteiger partial charge on any atom is -0.481 e. The zero-order valence-corrected chi connectivity index (χ0v) is 15.3. The highest BCUT2D eigenvalue weighted by Crippen LogP contribution is 2.42. The van der Waals surface area contributed by atoms with Gasteiger partial charge >= 0.3 is 5.97 Å². The smallest absolute Gasteiger partial charge is 0.313 e. The lowest BCUT2D eigenvalue weighted by Gasteiger charge is -2.40. The third-order valence-electron chi connectivity index (χ3n) is 5.39. The van der Waals surface area contributed by atoms with Crippen molar-refractivity contribution in [1.29, 1.82) is 0 Å². The zero-order valence-electron chi connectivity index (χ0n) is 15.3. The summed E-state index contributed by atoms with van der Waals surface area (Å²) in [4.78, 5) is 30.4. The molecule has 0 bridgehead atoms. The molecule has 0 unspecified atom stereocenters. The van der Waals surface area contributed by atoms with Gasteiger partial charge in [-0.1, -0.05) is 60.7 Å². The number of aromatic nitrogens is 2. The number of carboxylic acid groups (broad SMARTS) is 1. The highest BCUT2D eigenvalue weighted by atomic mass is 16.4. The van der Waals surface area contributed by atoms with E-state index in [1.54, 1.807) is 35.3 Å². The molecule has 3 aromatic carbocycles. The van der Waals surface area contributed by atoms with Gasteiger partial charge in [0.2, 0.25) is 0 Å². The number of nitrogens with zero attached hydrogens (tertiary/aromatic N) is 3. The van der Waals surface area contributed by atoms with Gasteiger partial charge in [0.05, 0.1) is 17.1 Å². The van der Waals surface area contributed by atoms with Crippen LogP contribution in [-0.4, -0.2) is 26.6 Å². The monoisotopic (exact) mass is 383 g/mol. The van der Waals surface area contributed by atoms with Crippen molar-refractivity contribution in [3.63, 3.8) is 0 Å². The molecule has 2 atom stereocenters. The largest absolute Gasteiger partial charge is 0.481 e. The van der Waals surface area contributed by atoms with Crippen molar-refractivity contribution in [2.24, 2.45) is 0 Å². The Balaban J connectivity index is 1.81. The zero-order chi connectivity index (χ0) is 20.0. The Morgan fingerprint density at radius 3 is 2.38 bits per heavy atom. The Kier molecular flexibility index (Phi) is 3.91. The van der Waals surface area contributed by atoms with Gasteiger partial charge in [-0.2, -0.15) is 0 Å². The number of hydrogen-bond acceptors (Lipinski definition) is 3. The first-order valence-corrected chi connectivity index (χ1v) is 9.29. The van der Waals surface area contributed by atoms with Crippen molar-refractivity contribution in [3.8, 4) is 0 Å². The summed E-state index contributed by atoms with van der Waals surface area (Å²) in [5, 5.41) is 11.7. The Morgan fingerprint density at radius 1 is 0.897 bits per heavy atom. The van der Waals surface area contributed by atoms with Crippen LogP contribution in [0.15, 0.2) is 85.2 Å². The van der Waals surface area contributed by atoms with Gasteiger partial charge in [-0.05, 0) is 29.3 Å². The van der Waals surface area contributed by atoms with E-state index in [-0.39, 0.29) is 5.91 Å². The number of benzene rings is 3. The number of amides is 1. The molecule has 0 fully saturated rings. The number of carbonyl (C=O) groups is 2. The molecule has 0 spiro atoms. The van der Waals surface area contributed by atoms with E-state index in [0.717, 1.165) is 16.6 Å². The first-order chi connectivity index (χ1) is 14.2. The van der Waals surface area contributed by atoms with Gasteiger partial charge < -0.3 is 5.11 Å². The molecule has 1 aliphatic rings. The van der Waals surface area contributed by atoms with Crippen molar-refractivity contribution < 1.29 is 14.7 Å². The summed E-state index contributed by atoms with van der Waals surface area (Å²) in [7, 11) is 0. The summed E-state index contributed by atoms with van der Waals surface area (Å²) in [6, 6.07) is 23.0. The van der Waals surface area contributed by atoms with E-state index in [4.69, 9.17) is 0 Å². The summed E-state index contributed by atoms with van der Waals surface area (Å²) >= 11 is 0. The maximum absolute atomic E-state index is 13.6. The summed E-state index contributed by atoms with van der Waals surface area (Å²) in [6.07, 6.45) is 1.57.